The summed E-state index contributed by atoms with van der Waals surface area (Å²) in [6, 6.07) is 11.0. The van der Waals surface area contributed by atoms with E-state index >= 15 is 0 Å². The molecule has 0 amide bonds. The maximum atomic E-state index is 12.7. The molecule has 0 spiro atoms. The molecule has 1 aliphatic heterocycles. The Morgan fingerprint density at radius 2 is 1.71 bits per heavy atom. The van der Waals surface area contributed by atoms with Crippen molar-refractivity contribution in [2.24, 2.45) is 5.92 Å². The van der Waals surface area contributed by atoms with E-state index in [2.05, 4.69) is 33.5 Å². The number of hydrogen-bond acceptors (Lipinski definition) is 2. The molecule has 0 aliphatic carbocycles. The van der Waals surface area contributed by atoms with E-state index in [1.54, 1.807) is 4.31 Å². The normalized spacial score (nSPS) is 26.1. The van der Waals surface area contributed by atoms with Crippen molar-refractivity contribution in [3.63, 3.8) is 0 Å². The molecule has 21 heavy (non-hydrogen) atoms. The van der Waals surface area contributed by atoms with E-state index in [0.29, 0.717) is 11.7 Å². The highest BCUT2D eigenvalue weighted by molar-refractivity contribution is 7.89. The highest BCUT2D eigenvalue weighted by Crippen LogP contribution is 2.49. The van der Waals surface area contributed by atoms with Crippen molar-refractivity contribution in [1.29, 1.82) is 0 Å². The molecular formula is C16H27NO2SSi. The molecule has 0 bridgehead atoms. The van der Waals surface area contributed by atoms with Crippen LogP contribution in [0, 0.1) is 5.92 Å². The Balaban J connectivity index is 2.18. The highest BCUT2D eigenvalue weighted by Gasteiger charge is 2.56. The summed E-state index contributed by atoms with van der Waals surface area (Å²) in [5.41, 5.74) is 1.12. The molecule has 1 unspecified atom stereocenters. The molecule has 0 aromatic heterocycles. The lowest BCUT2D eigenvalue weighted by Crippen LogP contribution is -2.27. The fourth-order valence-corrected chi connectivity index (χ4v) is 7.74. The van der Waals surface area contributed by atoms with Crippen LogP contribution in [0.1, 0.15) is 25.5 Å². The number of hydrogen-bond donors (Lipinski definition) is 0. The van der Waals surface area contributed by atoms with Gasteiger partial charge in [-0.05, 0) is 17.5 Å². The van der Waals surface area contributed by atoms with Crippen LogP contribution in [0.25, 0.3) is 0 Å². The van der Waals surface area contributed by atoms with Crippen LogP contribution < -0.4 is 0 Å². The van der Waals surface area contributed by atoms with Gasteiger partial charge in [-0.3, -0.25) is 0 Å². The van der Waals surface area contributed by atoms with E-state index in [0.717, 1.165) is 11.6 Å². The van der Waals surface area contributed by atoms with E-state index in [4.69, 9.17) is 0 Å². The van der Waals surface area contributed by atoms with Gasteiger partial charge in [-0.1, -0.05) is 63.8 Å². The number of nitrogens with zero attached hydrogens (tertiary/aromatic N) is 1. The van der Waals surface area contributed by atoms with Crippen LogP contribution in [-0.4, -0.2) is 32.6 Å². The first-order valence-corrected chi connectivity index (χ1v) is 13.0. The summed E-state index contributed by atoms with van der Waals surface area (Å²) in [6.07, 6.45) is 0. The molecule has 118 valence electrons. The second kappa shape index (κ2) is 5.86. The quantitative estimate of drug-likeness (QED) is 0.590. The zero-order chi connectivity index (χ0) is 15.8. The van der Waals surface area contributed by atoms with Gasteiger partial charge in [-0.25, -0.2) is 8.42 Å². The minimum absolute atomic E-state index is 0.0397. The second-order valence-electron chi connectivity index (χ2n) is 7.55. The van der Waals surface area contributed by atoms with Gasteiger partial charge in [0.15, 0.2) is 0 Å². The van der Waals surface area contributed by atoms with Crippen LogP contribution in [0.4, 0.5) is 0 Å². The van der Waals surface area contributed by atoms with Gasteiger partial charge in [0.2, 0.25) is 10.0 Å². The van der Waals surface area contributed by atoms with Crippen LogP contribution >= 0.6 is 0 Å². The maximum Gasteiger partial charge on any atom is 0.214 e. The molecule has 2 rings (SSSR count). The minimum Gasteiger partial charge on any atom is -0.212 e. The molecule has 1 aromatic rings. The van der Waals surface area contributed by atoms with Gasteiger partial charge in [-0.15, -0.1) is 0 Å². The van der Waals surface area contributed by atoms with E-state index < -0.39 is 18.1 Å². The molecule has 3 atom stereocenters. The Labute approximate surface area is 130 Å². The molecule has 1 saturated heterocycles. The zero-order valence-corrected chi connectivity index (χ0v) is 15.5. The van der Waals surface area contributed by atoms with Gasteiger partial charge in [0.1, 0.15) is 0 Å². The Morgan fingerprint density at radius 1 is 1.14 bits per heavy atom. The summed E-state index contributed by atoms with van der Waals surface area (Å²) in [5.74, 6) is 0.645. The average Bonchev–Trinajstić information content (AvgIpc) is 3.13. The Hall–Kier alpha value is -0.653. The van der Waals surface area contributed by atoms with Gasteiger partial charge in [0.05, 0.1) is 11.8 Å². The molecule has 0 saturated carbocycles. The van der Waals surface area contributed by atoms with Crippen molar-refractivity contribution in [1.82, 2.24) is 4.31 Å². The highest BCUT2D eigenvalue weighted by atomic mass is 32.2. The summed E-state index contributed by atoms with van der Waals surface area (Å²) in [6.45, 7) is 10.9. The molecule has 1 aliphatic rings. The van der Waals surface area contributed by atoms with Crippen molar-refractivity contribution >= 4 is 18.1 Å². The lowest BCUT2D eigenvalue weighted by atomic mass is 10.0. The number of sulfonamides is 1. The van der Waals surface area contributed by atoms with Crippen molar-refractivity contribution in [3.8, 4) is 0 Å². The second-order valence-corrected chi connectivity index (χ2v) is 15.2. The fraction of sp³-hybridized carbons (Fsp3) is 0.625. The average molecular weight is 326 g/mol. The van der Waals surface area contributed by atoms with Crippen LogP contribution in [0.3, 0.4) is 0 Å². The van der Waals surface area contributed by atoms with Crippen molar-refractivity contribution in [2.45, 2.75) is 51.6 Å². The SMILES string of the molecule is CC(C)[C@@H]1[C@@H](c2ccccc2)N1S(=O)(=O)CC[Si](C)(C)C. The Morgan fingerprint density at radius 3 is 2.19 bits per heavy atom. The Bertz CT molecular complexity index is 578. The zero-order valence-electron chi connectivity index (χ0n) is 13.7. The Kier molecular flexibility index (Phi) is 4.66. The third-order valence-corrected chi connectivity index (χ3v) is 8.00. The van der Waals surface area contributed by atoms with E-state index in [1.807, 2.05) is 30.3 Å². The minimum atomic E-state index is -3.14. The lowest BCUT2D eigenvalue weighted by molar-refractivity contribution is 0.518. The van der Waals surface area contributed by atoms with Crippen LogP contribution in [0.2, 0.25) is 25.7 Å². The van der Waals surface area contributed by atoms with Crippen LogP contribution in [-0.2, 0) is 10.0 Å². The van der Waals surface area contributed by atoms with E-state index in [1.165, 1.54) is 0 Å². The fourth-order valence-electron chi connectivity index (χ4n) is 2.78. The summed E-state index contributed by atoms with van der Waals surface area (Å²) >= 11 is 0. The first kappa shape index (κ1) is 16.7. The monoisotopic (exact) mass is 325 g/mol. The smallest absolute Gasteiger partial charge is 0.212 e. The largest absolute Gasteiger partial charge is 0.214 e. The van der Waals surface area contributed by atoms with Gasteiger partial charge < -0.3 is 0 Å². The predicted octanol–water partition coefficient (Wildman–Crippen LogP) is 3.74. The third kappa shape index (κ3) is 3.96. The molecule has 0 radical (unpaired) electrons. The standard InChI is InChI=1S/C16H27NO2SSi/c1-13(2)15-16(14-9-7-6-8-10-14)17(15)20(18,19)11-12-21(3,4)5/h6-10,13,15-16H,11-12H2,1-5H3/t15-,16-,17?/m1/s1. The molecular weight excluding hydrogens is 298 g/mol. The van der Waals surface area contributed by atoms with Gasteiger partial charge >= 0.3 is 0 Å². The number of rotatable bonds is 6. The van der Waals surface area contributed by atoms with Crippen LogP contribution in [0.5, 0.6) is 0 Å². The molecule has 1 aromatic carbocycles. The summed E-state index contributed by atoms with van der Waals surface area (Å²) in [7, 11) is -4.49. The molecule has 0 N–H and O–H groups in total. The molecule has 3 nitrogen and oxygen atoms in total. The maximum absolute atomic E-state index is 12.7. The summed E-state index contributed by atoms with van der Waals surface area (Å²) in [4.78, 5) is 0. The molecule has 5 heteroatoms. The van der Waals surface area contributed by atoms with Crippen molar-refractivity contribution in [2.75, 3.05) is 5.75 Å². The van der Waals surface area contributed by atoms with Crippen molar-refractivity contribution in [3.05, 3.63) is 35.9 Å². The van der Waals surface area contributed by atoms with E-state index in [-0.39, 0.29) is 12.1 Å². The number of benzene rings is 1. The summed E-state index contributed by atoms with van der Waals surface area (Å²) < 4.78 is 27.1. The first-order valence-electron chi connectivity index (χ1n) is 7.70. The van der Waals surface area contributed by atoms with E-state index in [9.17, 15) is 8.42 Å². The predicted molar refractivity (Wildman–Crippen MR) is 91.6 cm³/mol. The lowest BCUT2D eigenvalue weighted by Gasteiger charge is -2.16. The molecule has 1 fully saturated rings. The molecule has 1 heterocycles. The first-order chi connectivity index (χ1) is 9.63. The third-order valence-electron chi connectivity index (χ3n) is 4.06. The van der Waals surface area contributed by atoms with Gasteiger partial charge in [0, 0.05) is 14.1 Å². The van der Waals surface area contributed by atoms with Gasteiger partial charge in [-0.2, -0.15) is 4.31 Å². The summed E-state index contributed by atoms with van der Waals surface area (Å²) in [5, 5.41) is 0. The van der Waals surface area contributed by atoms with Gasteiger partial charge in [0.25, 0.3) is 0 Å². The van der Waals surface area contributed by atoms with Crippen LogP contribution in [0.15, 0.2) is 30.3 Å². The van der Waals surface area contributed by atoms with Crippen molar-refractivity contribution < 1.29 is 8.42 Å². The topological polar surface area (TPSA) is 37.1 Å².